The second kappa shape index (κ2) is 5.35. The van der Waals surface area contributed by atoms with Gasteiger partial charge in [-0.3, -0.25) is 0 Å². The maximum Gasteiger partial charge on any atom is 0.335 e. The number of carboxylic acids is 1. The highest BCUT2D eigenvalue weighted by Crippen LogP contribution is 2.36. The van der Waals surface area contributed by atoms with Gasteiger partial charge in [0.25, 0.3) is 0 Å². The molecule has 0 aliphatic carbocycles. The van der Waals surface area contributed by atoms with Crippen molar-refractivity contribution >= 4 is 12.0 Å². The van der Waals surface area contributed by atoms with Gasteiger partial charge >= 0.3 is 12.0 Å². The number of rotatable bonds is 3. The lowest BCUT2D eigenvalue weighted by Crippen LogP contribution is -2.45. The number of carbonyl (C=O) groups is 2. The van der Waals surface area contributed by atoms with E-state index in [0.29, 0.717) is 11.1 Å². The normalized spacial score (nSPS) is 18.0. The van der Waals surface area contributed by atoms with E-state index < -0.39 is 18.0 Å². The molecule has 0 saturated carbocycles. The molecule has 7 nitrogen and oxygen atoms in total. The minimum absolute atomic E-state index is 0.0147. The van der Waals surface area contributed by atoms with Gasteiger partial charge < -0.3 is 25.6 Å². The van der Waals surface area contributed by atoms with Crippen molar-refractivity contribution in [2.24, 2.45) is 0 Å². The number of ether oxygens (including phenoxy) is 1. The molecule has 1 aromatic carbocycles. The zero-order chi connectivity index (χ0) is 15.7. The molecule has 1 aromatic rings. The first-order valence-electron chi connectivity index (χ1n) is 6.24. The summed E-state index contributed by atoms with van der Waals surface area (Å²) >= 11 is 0. The molecule has 2 amide bonds. The fraction of sp³-hybridized carbons (Fsp3) is 0.286. The first-order chi connectivity index (χ1) is 9.85. The van der Waals surface area contributed by atoms with Crippen LogP contribution < -0.4 is 15.4 Å². The summed E-state index contributed by atoms with van der Waals surface area (Å²) in [5.74, 6) is -0.922. The second-order valence-corrected chi connectivity index (χ2v) is 4.76. The van der Waals surface area contributed by atoms with Crippen LogP contribution in [0, 0.1) is 6.92 Å². The standard InChI is InChI=1S/C14H16N2O5/c1-6-4-8(5-9(21-3)12(6)17)11-10(13(18)19)7(2)15-14(20)16-11/h4-5,11,17H,1-3H3,(H,18,19)(H2,15,16,20). The Balaban J connectivity index is 2.58. The van der Waals surface area contributed by atoms with Gasteiger partial charge in [0.2, 0.25) is 0 Å². The molecule has 1 aliphatic rings. The van der Waals surface area contributed by atoms with E-state index in [9.17, 15) is 19.8 Å². The van der Waals surface area contributed by atoms with E-state index in [0.717, 1.165) is 0 Å². The van der Waals surface area contributed by atoms with Gasteiger partial charge in [-0.25, -0.2) is 9.59 Å². The number of hydrogen-bond acceptors (Lipinski definition) is 4. The van der Waals surface area contributed by atoms with E-state index in [1.807, 2.05) is 0 Å². The van der Waals surface area contributed by atoms with Crippen LogP contribution in [0.15, 0.2) is 23.4 Å². The highest BCUT2D eigenvalue weighted by Gasteiger charge is 2.31. The van der Waals surface area contributed by atoms with Crippen molar-refractivity contribution in [3.8, 4) is 11.5 Å². The molecule has 1 aliphatic heterocycles. The van der Waals surface area contributed by atoms with Gasteiger partial charge in [0.05, 0.1) is 18.7 Å². The molecule has 7 heteroatoms. The number of urea groups is 1. The van der Waals surface area contributed by atoms with Gasteiger partial charge in [0, 0.05) is 5.70 Å². The van der Waals surface area contributed by atoms with Crippen LogP contribution in [0.2, 0.25) is 0 Å². The van der Waals surface area contributed by atoms with Crippen molar-refractivity contribution in [2.75, 3.05) is 7.11 Å². The predicted molar refractivity (Wildman–Crippen MR) is 74.1 cm³/mol. The van der Waals surface area contributed by atoms with Crippen LogP contribution in [0.3, 0.4) is 0 Å². The molecule has 0 fully saturated rings. The average Bonchev–Trinajstić information content (AvgIpc) is 2.40. The maximum atomic E-state index is 11.6. The molecule has 21 heavy (non-hydrogen) atoms. The molecular weight excluding hydrogens is 276 g/mol. The number of aromatic hydroxyl groups is 1. The Morgan fingerprint density at radius 2 is 2.00 bits per heavy atom. The van der Waals surface area contributed by atoms with Crippen LogP contribution >= 0.6 is 0 Å². The summed E-state index contributed by atoms with van der Waals surface area (Å²) in [4.78, 5) is 23.0. The molecule has 112 valence electrons. The smallest absolute Gasteiger partial charge is 0.335 e. The molecule has 1 unspecified atom stereocenters. The van der Waals surface area contributed by atoms with E-state index in [-0.39, 0.29) is 22.8 Å². The van der Waals surface area contributed by atoms with Gasteiger partial charge in [-0.1, -0.05) is 0 Å². The fourth-order valence-electron chi connectivity index (χ4n) is 2.32. The number of methoxy groups -OCH3 is 1. The molecular formula is C14H16N2O5. The number of hydrogen-bond donors (Lipinski definition) is 4. The Kier molecular flexibility index (Phi) is 3.75. The Morgan fingerprint density at radius 3 is 2.57 bits per heavy atom. The van der Waals surface area contributed by atoms with Gasteiger partial charge in [-0.2, -0.15) is 0 Å². The second-order valence-electron chi connectivity index (χ2n) is 4.76. The third kappa shape index (κ3) is 2.62. The number of allylic oxidation sites excluding steroid dienone is 1. The Labute approximate surface area is 121 Å². The molecule has 0 spiro atoms. The Morgan fingerprint density at radius 1 is 1.33 bits per heavy atom. The Bertz CT molecular complexity index is 651. The number of nitrogens with one attached hydrogen (secondary N) is 2. The molecule has 4 N–H and O–H groups in total. The minimum Gasteiger partial charge on any atom is -0.504 e. The highest BCUT2D eigenvalue weighted by molar-refractivity contribution is 5.93. The van der Waals surface area contributed by atoms with Crippen molar-refractivity contribution in [1.82, 2.24) is 10.6 Å². The average molecular weight is 292 g/mol. The van der Waals surface area contributed by atoms with Gasteiger partial charge in [-0.05, 0) is 37.1 Å². The van der Waals surface area contributed by atoms with Crippen molar-refractivity contribution in [3.05, 3.63) is 34.5 Å². The number of phenolic OH excluding ortho intramolecular Hbond substituents is 1. The van der Waals surface area contributed by atoms with E-state index in [1.54, 1.807) is 13.0 Å². The lowest BCUT2D eigenvalue weighted by Gasteiger charge is -2.27. The van der Waals surface area contributed by atoms with Crippen LogP contribution in [0.25, 0.3) is 0 Å². The molecule has 2 rings (SSSR count). The summed E-state index contributed by atoms with van der Waals surface area (Å²) < 4.78 is 5.06. The van der Waals surface area contributed by atoms with E-state index in [1.165, 1.54) is 20.1 Å². The van der Waals surface area contributed by atoms with E-state index in [4.69, 9.17) is 4.74 Å². The first-order valence-corrected chi connectivity index (χ1v) is 6.24. The van der Waals surface area contributed by atoms with Gasteiger partial charge in [0.1, 0.15) is 0 Å². The molecule has 0 aromatic heterocycles. The lowest BCUT2D eigenvalue weighted by molar-refractivity contribution is -0.133. The lowest BCUT2D eigenvalue weighted by atomic mass is 9.94. The predicted octanol–water partition coefficient (Wildman–Crippen LogP) is 1.42. The molecule has 1 atom stereocenters. The summed E-state index contributed by atoms with van der Waals surface area (Å²) in [5.41, 5.74) is 1.37. The maximum absolute atomic E-state index is 11.6. The van der Waals surface area contributed by atoms with Crippen molar-refractivity contribution in [1.29, 1.82) is 0 Å². The Hall–Kier alpha value is -2.70. The summed E-state index contributed by atoms with van der Waals surface area (Å²) in [7, 11) is 1.40. The number of phenols is 1. The molecule has 1 heterocycles. The van der Waals surface area contributed by atoms with Crippen molar-refractivity contribution < 1.29 is 24.5 Å². The van der Waals surface area contributed by atoms with Crippen molar-refractivity contribution in [3.63, 3.8) is 0 Å². The number of carbonyl (C=O) groups excluding carboxylic acids is 1. The molecule has 0 radical (unpaired) electrons. The van der Waals surface area contributed by atoms with Crippen LogP contribution in [0.4, 0.5) is 4.79 Å². The van der Waals surface area contributed by atoms with Crippen molar-refractivity contribution in [2.45, 2.75) is 19.9 Å². The summed E-state index contributed by atoms with van der Waals surface area (Å²) in [6.45, 7) is 3.20. The first kappa shape index (κ1) is 14.7. The number of aliphatic carboxylic acids is 1. The molecule has 0 bridgehead atoms. The van der Waals surface area contributed by atoms with Crippen LogP contribution in [-0.2, 0) is 4.79 Å². The SMILES string of the molecule is COc1cc(C2NC(=O)NC(C)=C2C(=O)O)cc(C)c1O. The number of carboxylic acid groups (broad SMARTS) is 1. The summed E-state index contributed by atoms with van der Waals surface area (Å²) in [5, 5.41) is 24.2. The van der Waals surface area contributed by atoms with Crippen LogP contribution in [0.5, 0.6) is 11.5 Å². The summed E-state index contributed by atoms with van der Waals surface area (Å²) in [6.07, 6.45) is 0. The fourth-order valence-corrected chi connectivity index (χ4v) is 2.32. The van der Waals surface area contributed by atoms with Gasteiger partial charge in [-0.15, -0.1) is 0 Å². The quantitative estimate of drug-likeness (QED) is 0.674. The minimum atomic E-state index is -1.13. The number of benzene rings is 1. The number of amides is 2. The third-order valence-electron chi connectivity index (χ3n) is 3.34. The summed E-state index contributed by atoms with van der Waals surface area (Å²) in [6, 6.07) is 1.83. The monoisotopic (exact) mass is 292 g/mol. The van der Waals surface area contributed by atoms with Gasteiger partial charge in [0.15, 0.2) is 11.5 Å². The van der Waals surface area contributed by atoms with E-state index >= 15 is 0 Å². The zero-order valence-electron chi connectivity index (χ0n) is 11.9. The highest BCUT2D eigenvalue weighted by atomic mass is 16.5. The van der Waals surface area contributed by atoms with Crippen LogP contribution in [-0.4, -0.2) is 29.3 Å². The largest absolute Gasteiger partial charge is 0.504 e. The van der Waals surface area contributed by atoms with Crippen LogP contribution in [0.1, 0.15) is 24.1 Å². The molecule has 0 saturated heterocycles. The topological polar surface area (TPSA) is 108 Å². The number of aryl methyl sites for hydroxylation is 1. The van der Waals surface area contributed by atoms with E-state index in [2.05, 4.69) is 10.6 Å². The third-order valence-corrected chi connectivity index (χ3v) is 3.34. The zero-order valence-corrected chi connectivity index (χ0v) is 11.9.